The van der Waals surface area contributed by atoms with E-state index < -0.39 is 30.1 Å². The molecule has 0 bridgehead atoms. The van der Waals surface area contributed by atoms with Crippen LogP contribution < -0.4 is 5.32 Å². The normalized spacial score (nSPS) is 19.7. The van der Waals surface area contributed by atoms with E-state index in [2.05, 4.69) is 20.4 Å². The molecule has 9 nitrogen and oxygen atoms in total. The molecule has 0 unspecified atom stereocenters. The van der Waals surface area contributed by atoms with Crippen LogP contribution in [-0.2, 0) is 15.7 Å². The Morgan fingerprint density at radius 3 is 2.50 bits per heavy atom. The van der Waals surface area contributed by atoms with Gasteiger partial charge in [-0.05, 0) is 19.4 Å². The van der Waals surface area contributed by atoms with Crippen molar-refractivity contribution in [2.24, 2.45) is 5.10 Å². The highest BCUT2D eigenvalue weighted by Gasteiger charge is 2.39. The molecule has 1 fully saturated rings. The van der Waals surface area contributed by atoms with E-state index in [4.69, 9.17) is 4.74 Å². The maximum atomic E-state index is 13.0. The maximum absolute atomic E-state index is 13.0. The highest BCUT2D eigenvalue weighted by Crippen LogP contribution is 2.26. The molecule has 1 aromatic heterocycles. The molecule has 2 aliphatic rings. The van der Waals surface area contributed by atoms with Gasteiger partial charge in [-0.15, -0.1) is 0 Å². The molecule has 0 saturated carbocycles. The van der Waals surface area contributed by atoms with Gasteiger partial charge in [0, 0.05) is 24.5 Å². The van der Waals surface area contributed by atoms with E-state index >= 15 is 0 Å². The van der Waals surface area contributed by atoms with Gasteiger partial charge in [-0.1, -0.05) is 29.8 Å². The van der Waals surface area contributed by atoms with Gasteiger partial charge in [-0.2, -0.15) is 18.3 Å². The summed E-state index contributed by atoms with van der Waals surface area (Å²) in [6.45, 7) is 4.43. The van der Waals surface area contributed by atoms with Gasteiger partial charge < -0.3 is 15.0 Å². The second kappa shape index (κ2) is 9.37. The number of ether oxygens (including phenoxy) is 1. The molecule has 2 aliphatic heterocycles. The minimum Gasteiger partial charge on any atom is -0.370 e. The van der Waals surface area contributed by atoms with Gasteiger partial charge in [0.1, 0.15) is 6.61 Å². The Morgan fingerprint density at radius 1 is 1.21 bits per heavy atom. The van der Waals surface area contributed by atoms with Crippen LogP contribution in [0, 0.1) is 6.92 Å². The average molecular weight is 476 g/mol. The molecule has 2 atom stereocenters. The molecule has 0 spiro atoms. The number of benzene rings is 1. The number of hydrazone groups is 1. The third kappa shape index (κ3) is 5.01. The fourth-order valence-electron chi connectivity index (χ4n) is 3.75. The Bertz CT molecular complexity index is 1090. The second-order valence-corrected chi connectivity index (χ2v) is 8.10. The fourth-order valence-corrected chi connectivity index (χ4v) is 3.75. The number of nitrogens with one attached hydrogen (secondary N) is 1. The predicted molar refractivity (Wildman–Crippen MR) is 115 cm³/mol. The topological polar surface area (TPSA) is 100 Å². The first-order valence-electron chi connectivity index (χ1n) is 10.6. The number of aromatic nitrogens is 2. The van der Waals surface area contributed by atoms with Crippen molar-refractivity contribution in [3.63, 3.8) is 0 Å². The number of hydrogen-bond donors (Lipinski definition) is 1. The molecule has 34 heavy (non-hydrogen) atoms. The van der Waals surface area contributed by atoms with Crippen molar-refractivity contribution in [3.05, 3.63) is 59.2 Å². The van der Waals surface area contributed by atoms with E-state index in [-0.39, 0.29) is 19.1 Å². The molecular weight excluding hydrogens is 453 g/mol. The summed E-state index contributed by atoms with van der Waals surface area (Å²) < 4.78 is 43.3. The fraction of sp³-hybridized carbons (Fsp3) is 0.409. The Balaban J connectivity index is 1.52. The lowest BCUT2D eigenvalue weighted by molar-refractivity contribution is -0.145. The van der Waals surface area contributed by atoms with Gasteiger partial charge in [0.25, 0.3) is 0 Å². The van der Waals surface area contributed by atoms with Crippen molar-refractivity contribution in [2.45, 2.75) is 32.1 Å². The lowest BCUT2D eigenvalue weighted by Gasteiger charge is -2.33. The van der Waals surface area contributed by atoms with Crippen LogP contribution in [0.3, 0.4) is 0 Å². The summed E-state index contributed by atoms with van der Waals surface area (Å²) in [5.74, 6) is -1.44. The average Bonchev–Trinajstić information content (AvgIpc) is 3.25. The van der Waals surface area contributed by atoms with Crippen LogP contribution in [0.2, 0.25) is 0 Å². The number of aryl methyl sites for hydroxylation is 1. The summed E-state index contributed by atoms with van der Waals surface area (Å²) in [6, 6.07) is 5.94. The standard InChI is InChI=1S/C22H23F3N6O3/c1-13-3-5-15(6-4-13)19-17(30-7-8-34-12-18(30)32)11-31(29-19)21(33)28-14(2)16-9-26-20(27-10-16)22(23,24)25/h3-6,9-10,14,17H,7-8,11-12H2,1-2H3,(H,28,33)/t14-,17-/m1/s1. The molecule has 2 aromatic rings. The molecule has 180 valence electrons. The van der Waals surface area contributed by atoms with Crippen LogP contribution >= 0.6 is 0 Å². The highest BCUT2D eigenvalue weighted by molar-refractivity contribution is 6.08. The molecule has 12 heteroatoms. The van der Waals surface area contributed by atoms with Crippen LogP contribution in [-0.4, -0.2) is 69.9 Å². The Kier molecular flexibility index (Phi) is 6.51. The van der Waals surface area contributed by atoms with Crippen molar-refractivity contribution in [1.29, 1.82) is 0 Å². The first kappa shape index (κ1) is 23.6. The molecule has 0 radical (unpaired) electrons. The molecular formula is C22H23F3N6O3. The largest absolute Gasteiger partial charge is 0.451 e. The second-order valence-electron chi connectivity index (χ2n) is 8.10. The number of amides is 3. The van der Waals surface area contributed by atoms with Gasteiger partial charge in [0.15, 0.2) is 0 Å². The quantitative estimate of drug-likeness (QED) is 0.731. The summed E-state index contributed by atoms with van der Waals surface area (Å²) in [5.41, 5.74) is 2.73. The molecule has 1 N–H and O–H groups in total. The van der Waals surface area contributed by atoms with Crippen molar-refractivity contribution in [3.8, 4) is 0 Å². The van der Waals surface area contributed by atoms with Crippen LogP contribution in [0.5, 0.6) is 0 Å². The molecule has 4 rings (SSSR count). The van der Waals surface area contributed by atoms with Crippen LogP contribution in [0.1, 0.15) is 35.5 Å². The van der Waals surface area contributed by atoms with E-state index in [9.17, 15) is 22.8 Å². The highest BCUT2D eigenvalue weighted by atomic mass is 19.4. The third-order valence-electron chi connectivity index (χ3n) is 5.64. The van der Waals surface area contributed by atoms with E-state index in [0.717, 1.165) is 23.5 Å². The number of halogens is 3. The minimum atomic E-state index is -4.65. The van der Waals surface area contributed by atoms with Crippen LogP contribution in [0.25, 0.3) is 0 Å². The third-order valence-corrected chi connectivity index (χ3v) is 5.64. The predicted octanol–water partition coefficient (Wildman–Crippen LogP) is 2.52. The van der Waals surface area contributed by atoms with E-state index in [0.29, 0.717) is 24.4 Å². The zero-order chi connectivity index (χ0) is 24.5. The lowest BCUT2D eigenvalue weighted by Crippen LogP contribution is -2.52. The van der Waals surface area contributed by atoms with Gasteiger partial charge in [0.05, 0.1) is 30.9 Å². The van der Waals surface area contributed by atoms with Crippen molar-refractivity contribution in [1.82, 2.24) is 25.2 Å². The first-order chi connectivity index (χ1) is 16.1. The lowest BCUT2D eigenvalue weighted by atomic mass is 10.0. The zero-order valence-corrected chi connectivity index (χ0v) is 18.5. The van der Waals surface area contributed by atoms with Gasteiger partial charge in [-0.3, -0.25) is 4.79 Å². The zero-order valence-electron chi connectivity index (χ0n) is 18.5. The number of alkyl halides is 3. The SMILES string of the molecule is Cc1ccc(C2=NN(C(=O)N[C@H](C)c3cnc(C(F)(F)F)nc3)C[C@H]2N2CCOCC2=O)cc1. The monoisotopic (exact) mass is 476 g/mol. The number of rotatable bonds is 4. The van der Waals surface area contributed by atoms with Crippen LogP contribution in [0.4, 0.5) is 18.0 Å². The van der Waals surface area contributed by atoms with Gasteiger partial charge in [0.2, 0.25) is 11.7 Å². The Hall–Kier alpha value is -3.54. The molecule has 3 heterocycles. The van der Waals surface area contributed by atoms with Crippen molar-refractivity contribution in [2.75, 3.05) is 26.3 Å². The summed E-state index contributed by atoms with van der Waals surface area (Å²) in [6.07, 6.45) is -2.59. The van der Waals surface area contributed by atoms with E-state index in [1.807, 2.05) is 31.2 Å². The summed E-state index contributed by atoms with van der Waals surface area (Å²) in [4.78, 5) is 33.8. The number of carbonyl (C=O) groups is 2. The summed E-state index contributed by atoms with van der Waals surface area (Å²) in [5, 5.41) is 8.42. The number of morpholine rings is 1. The Labute approximate surface area is 193 Å². The molecule has 1 aromatic carbocycles. The van der Waals surface area contributed by atoms with E-state index in [1.165, 1.54) is 5.01 Å². The van der Waals surface area contributed by atoms with Gasteiger partial charge in [-0.25, -0.2) is 19.8 Å². The number of carbonyl (C=O) groups excluding carboxylic acids is 2. The van der Waals surface area contributed by atoms with Crippen molar-refractivity contribution >= 4 is 17.6 Å². The Morgan fingerprint density at radius 2 is 1.88 bits per heavy atom. The van der Waals surface area contributed by atoms with Crippen molar-refractivity contribution < 1.29 is 27.5 Å². The minimum absolute atomic E-state index is 0.0329. The van der Waals surface area contributed by atoms with Crippen LogP contribution in [0.15, 0.2) is 41.8 Å². The smallest absolute Gasteiger partial charge is 0.370 e. The van der Waals surface area contributed by atoms with E-state index in [1.54, 1.807) is 11.8 Å². The first-order valence-corrected chi connectivity index (χ1v) is 10.6. The number of urea groups is 1. The molecule has 0 aliphatic carbocycles. The summed E-state index contributed by atoms with van der Waals surface area (Å²) >= 11 is 0. The van der Waals surface area contributed by atoms with Gasteiger partial charge >= 0.3 is 12.2 Å². The number of nitrogens with zero attached hydrogens (tertiary/aromatic N) is 5. The molecule has 3 amide bonds. The molecule has 1 saturated heterocycles. The maximum Gasteiger partial charge on any atom is 0.451 e. The number of hydrogen-bond acceptors (Lipinski definition) is 6. The summed E-state index contributed by atoms with van der Waals surface area (Å²) in [7, 11) is 0.